The number of carbonyl (C=O) groups excluding carboxylic acids is 3. The van der Waals surface area contributed by atoms with Gasteiger partial charge in [-0.3, -0.25) is 14.4 Å². The molecule has 0 aromatic rings. The van der Waals surface area contributed by atoms with E-state index in [-0.39, 0.29) is 25.0 Å². The van der Waals surface area contributed by atoms with Crippen molar-refractivity contribution in [1.29, 1.82) is 0 Å². The average molecular weight is 515 g/mol. The average Bonchev–Trinajstić information content (AvgIpc) is 2.91. The highest BCUT2D eigenvalue weighted by molar-refractivity contribution is 9.10. The molecule has 3 N–H and O–H groups in total. The Morgan fingerprint density at radius 3 is 2.50 bits per heavy atom. The summed E-state index contributed by atoms with van der Waals surface area (Å²) in [7, 11) is 0. The molecule has 0 unspecified atom stereocenters. The van der Waals surface area contributed by atoms with E-state index in [9.17, 15) is 29.7 Å². The standard InChI is InChI=1S/C23H28BrFO7/c1-11(26)32-10-19(30)23(31)17(28)8-13-14-7-16(25)15-6-12(27)4-5-20(15,2)22(14,24)18(29)9-21(13,23)3/h4-6,13-14,16-18,28-29,31H,7-10H2,1-3H3/t13-,14-,16-,17+,18-,20-,21-,22-,23-/m0/s1. The van der Waals surface area contributed by atoms with Gasteiger partial charge in [-0.15, -0.1) is 0 Å². The number of fused-ring (bicyclic) bond motifs is 5. The summed E-state index contributed by atoms with van der Waals surface area (Å²) in [6, 6.07) is 0. The maximum atomic E-state index is 15.4. The number of aliphatic hydroxyl groups excluding tert-OH is 2. The van der Waals surface area contributed by atoms with Crippen LogP contribution in [-0.4, -0.2) is 67.8 Å². The molecule has 3 fully saturated rings. The van der Waals surface area contributed by atoms with Crippen molar-refractivity contribution in [3.63, 3.8) is 0 Å². The molecule has 0 heterocycles. The van der Waals surface area contributed by atoms with E-state index in [1.165, 1.54) is 12.2 Å². The quantitative estimate of drug-likeness (QED) is 0.386. The zero-order valence-electron chi connectivity index (χ0n) is 18.2. The first-order chi connectivity index (χ1) is 14.7. The van der Waals surface area contributed by atoms with Crippen molar-refractivity contribution < 1.29 is 38.8 Å². The third-order valence-electron chi connectivity index (χ3n) is 8.68. The number of aliphatic hydroxyl groups is 3. The Labute approximate surface area is 193 Å². The molecular weight excluding hydrogens is 487 g/mol. The van der Waals surface area contributed by atoms with Crippen LogP contribution in [0.5, 0.6) is 0 Å². The number of ketones is 2. The smallest absolute Gasteiger partial charge is 0.303 e. The first-order valence-electron chi connectivity index (χ1n) is 10.8. The number of carbonyl (C=O) groups is 3. The second-order valence-electron chi connectivity index (χ2n) is 10.1. The van der Waals surface area contributed by atoms with Crippen LogP contribution in [0, 0.1) is 22.7 Å². The highest BCUT2D eigenvalue weighted by Crippen LogP contribution is 2.71. The molecule has 7 nitrogen and oxygen atoms in total. The topological polar surface area (TPSA) is 121 Å². The van der Waals surface area contributed by atoms with Crippen LogP contribution in [-0.2, 0) is 19.1 Å². The number of alkyl halides is 2. The lowest BCUT2D eigenvalue weighted by atomic mass is 9.45. The summed E-state index contributed by atoms with van der Waals surface area (Å²) >= 11 is 3.75. The summed E-state index contributed by atoms with van der Waals surface area (Å²) in [4.78, 5) is 36.1. The van der Waals surface area contributed by atoms with E-state index >= 15 is 4.39 Å². The van der Waals surface area contributed by atoms with Gasteiger partial charge in [0.1, 0.15) is 6.17 Å². The van der Waals surface area contributed by atoms with Crippen molar-refractivity contribution >= 4 is 33.5 Å². The van der Waals surface area contributed by atoms with Gasteiger partial charge in [0, 0.05) is 17.8 Å². The summed E-state index contributed by atoms with van der Waals surface area (Å²) in [5.41, 5.74) is -4.27. The van der Waals surface area contributed by atoms with Crippen LogP contribution < -0.4 is 0 Å². The molecule has 0 amide bonds. The monoisotopic (exact) mass is 514 g/mol. The van der Waals surface area contributed by atoms with Crippen molar-refractivity contribution in [2.45, 2.75) is 68.3 Å². The zero-order valence-corrected chi connectivity index (χ0v) is 19.8. The van der Waals surface area contributed by atoms with E-state index in [0.29, 0.717) is 5.57 Å². The summed E-state index contributed by atoms with van der Waals surface area (Å²) in [5.74, 6) is -2.93. The molecule has 4 rings (SSSR count). The molecule has 0 aromatic heterocycles. The summed E-state index contributed by atoms with van der Waals surface area (Å²) in [6.07, 6.45) is 0.146. The number of hydrogen-bond donors (Lipinski definition) is 3. The van der Waals surface area contributed by atoms with E-state index in [1.807, 2.05) is 0 Å². The van der Waals surface area contributed by atoms with Crippen molar-refractivity contribution in [2.24, 2.45) is 22.7 Å². The Hall–Kier alpha value is -1.42. The van der Waals surface area contributed by atoms with Gasteiger partial charge in [-0.05, 0) is 48.8 Å². The molecule has 0 spiro atoms. The van der Waals surface area contributed by atoms with Crippen molar-refractivity contribution in [3.05, 3.63) is 23.8 Å². The Bertz CT molecular complexity index is 949. The third-order valence-corrected chi connectivity index (χ3v) is 10.6. The minimum absolute atomic E-state index is 0.0219. The number of rotatable bonds is 3. The van der Waals surface area contributed by atoms with Crippen molar-refractivity contribution in [2.75, 3.05) is 6.61 Å². The SMILES string of the molecule is CC(=O)OCC(=O)[C@@]1(O)[C@H](O)C[C@H]2[C@@H]3C[C@H](F)C4=CC(=O)C=C[C@]4(C)[C@@]3(Br)[C@@H](O)C[C@@]21C. The lowest BCUT2D eigenvalue weighted by Gasteiger charge is -2.64. The van der Waals surface area contributed by atoms with E-state index < -0.39 is 69.3 Å². The Balaban J connectivity index is 1.79. The molecule has 32 heavy (non-hydrogen) atoms. The predicted molar refractivity (Wildman–Crippen MR) is 114 cm³/mol. The lowest BCUT2D eigenvalue weighted by molar-refractivity contribution is -0.188. The van der Waals surface area contributed by atoms with Crippen LogP contribution in [0.25, 0.3) is 0 Å². The highest BCUT2D eigenvalue weighted by Gasteiger charge is 2.76. The van der Waals surface area contributed by atoms with Crippen LogP contribution in [0.1, 0.15) is 40.0 Å². The molecule has 4 aliphatic carbocycles. The fourth-order valence-corrected chi connectivity index (χ4v) is 8.03. The van der Waals surface area contributed by atoms with E-state index in [1.54, 1.807) is 19.9 Å². The Morgan fingerprint density at radius 1 is 1.22 bits per heavy atom. The fraction of sp³-hybridized carbons (Fsp3) is 0.696. The van der Waals surface area contributed by atoms with Gasteiger partial charge in [-0.1, -0.05) is 35.9 Å². The second-order valence-corrected chi connectivity index (χ2v) is 11.4. The second kappa shape index (κ2) is 7.29. The van der Waals surface area contributed by atoms with Crippen molar-refractivity contribution in [1.82, 2.24) is 0 Å². The van der Waals surface area contributed by atoms with Gasteiger partial charge in [0.2, 0.25) is 5.78 Å². The van der Waals surface area contributed by atoms with Gasteiger partial charge in [-0.2, -0.15) is 0 Å². The number of Topliss-reactive ketones (excluding diaryl/α,β-unsaturated/α-hetero) is 1. The van der Waals surface area contributed by atoms with Gasteiger partial charge in [-0.25, -0.2) is 4.39 Å². The van der Waals surface area contributed by atoms with Gasteiger partial charge in [0.25, 0.3) is 0 Å². The third kappa shape index (κ3) is 2.77. The van der Waals surface area contributed by atoms with Crippen LogP contribution >= 0.6 is 15.9 Å². The van der Waals surface area contributed by atoms with E-state index in [0.717, 1.165) is 6.92 Å². The maximum absolute atomic E-state index is 15.4. The molecule has 9 heteroatoms. The van der Waals surface area contributed by atoms with Crippen LogP contribution in [0.15, 0.2) is 23.8 Å². The molecule has 3 saturated carbocycles. The van der Waals surface area contributed by atoms with E-state index in [4.69, 9.17) is 4.74 Å². The molecule has 0 bridgehead atoms. The zero-order chi connectivity index (χ0) is 23.9. The molecule has 176 valence electrons. The molecule has 0 saturated heterocycles. The molecule has 0 aromatic carbocycles. The van der Waals surface area contributed by atoms with Crippen molar-refractivity contribution in [3.8, 4) is 0 Å². The Kier molecular flexibility index (Phi) is 5.40. The van der Waals surface area contributed by atoms with Crippen LogP contribution in [0.2, 0.25) is 0 Å². The number of ether oxygens (including phenoxy) is 1. The number of allylic oxidation sites excluding steroid dienone is 4. The summed E-state index contributed by atoms with van der Waals surface area (Å²) in [5, 5.41) is 33.8. The number of halogens is 2. The number of esters is 1. The summed E-state index contributed by atoms with van der Waals surface area (Å²) < 4.78 is 19.2. The molecule has 9 atom stereocenters. The molecule has 0 radical (unpaired) electrons. The largest absolute Gasteiger partial charge is 0.458 e. The Morgan fingerprint density at radius 2 is 1.88 bits per heavy atom. The summed E-state index contributed by atoms with van der Waals surface area (Å²) in [6.45, 7) is 3.82. The lowest BCUT2D eigenvalue weighted by Crippen LogP contribution is -2.70. The molecule has 0 aliphatic heterocycles. The van der Waals surface area contributed by atoms with Gasteiger partial charge < -0.3 is 20.1 Å². The van der Waals surface area contributed by atoms with Gasteiger partial charge in [0.05, 0.1) is 16.5 Å². The van der Waals surface area contributed by atoms with Gasteiger partial charge in [0.15, 0.2) is 18.0 Å². The normalized spacial score (nSPS) is 49.6. The van der Waals surface area contributed by atoms with E-state index in [2.05, 4.69) is 15.9 Å². The maximum Gasteiger partial charge on any atom is 0.303 e. The minimum Gasteiger partial charge on any atom is -0.458 e. The minimum atomic E-state index is -2.26. The van der Waals surface area contributed by atoms with Crippen LogP contribution in [0.3, 0.4) is 0 Å². The fourth-order valence-electron chi connectivity index (χ4n) is 7.00. The van der Waals surface area contributed by atoms with Gasteiger partial charge >= 0.3 is 5.97 Å². The number of hydrogen-bond acceptors (Lipinski definition) is 7. The first kappa shape index (κ1) is 23.7. The molecule has 4 aliphatic rings. The molecular formula is C23H28BrFO7. The predicted octanol–water partition coefficient (Wildman–Crippen LogP) is 1.56. The van der Waals surface area contributed by atoms with Crippen LogP contribution in [0.4, 0.5) is 4.39 Å². The highest BCUT2D eigenvalue weighted by atomic mass is 79.9. The first-order valence-corrected chi connectivity index (χ1v) is 11.6.